The van der Waals surface area contributed by atoms with Gasteiger partial charge in [-0.15, -0.1) is 0 Å². The van der Waals surface area contributed by atoms with Gasteiger partial charge in [-0.25, -0.2) is 22.9 Å². The lowest BCUT2D eigenvalue weighted by Gasteiger charge is -2.06. The fourth-order valence-corrected chi connectivity index (χ4v) is 4.05. The van der Waals surface area contributed by atoms with E-state index in [2.05, 4.69) is 10.3 Å². The molecule has 0 aliphatic heterocycles. The highest BCUT2D eigenvalue weighted by Gasteiger charge is 2.18. The quantitative estimate of drug-likeness (QED) is 0.664. The van der Waals surface area contributed by atoms with Crippen LogP contribution in [0, 0.1) is 0 Å². The number of rotatable bonds is 5. The number of carbonyl (C=O) groups excluding carboxylic acids is 1. The van der Waals surface area contributed by atoms with Gasteiger partial charge in [0, 0.05) is 5.02 Å². The molecule has 0 radical (unpaired) electrons. The Morgan fingerprint density at radius 2 is 1.96 bits per heavy atom. The Labute approximate surface area is 159 Å². The van der Waals surface area contributed by atoms with Gasteiger partial charge in [0.2, 0.25) is 0 Å². The molecule has 0 atom stereocenters. The molecule has 7 nitrogen and oxygen atoms in total. The molecule has 3 rings (SSSR count). The molecule has 0 aliphatic carbocycles. The maximum absolute atomic E-state index is 12.2. The van der Waals surface area contributed by atoms with E-state index < -0.39 is 16.1 Å². The predicted octanol–water partition coefficient (Wildman–Crippen LogP) is 3.86. The van der Waals surface area contributed by atoms with E-state index in [4.69, 9.17) is 16.3 Å². The van der Waals surface area contributed by atoms with Gasteiger partial charge in [-0.3, -0.25) is 5.32 Å². The normalized spacial score (nSPS) is 11.3. The fraction of sp³-hybridized carbons (Fsp3) is 0.125. The maximum atomic E-state index is 12.2. The van der Waals surface area contributed by atoms with E-state index >= 15 is 0 Å². The number of urea groups is 1. The molecule has 0 spiro atoms. The number of ether oxygens (including phenoxy) is 1. The lowest BCUT2D eigenvalue weighted by molar-refractivity contribution is 0.256. The first kappa shape index (κ1) is 18.4. The van der Waals surface area contributed by atoms with Crippen LogP contribution in [0.3, 0.4) is 0 Å². The summed E-state index contributed by atoms with van der Waals surface area (Å²) in [5.74, 6) is 0.699. The topological polar surface area (TPSA) is 97.4 Å². The minimum Gasteiger partial charge on any atom is -0.494 e. The number of aromatic nitrogens is 1. The van der Waals surface area contributed by atoms with Gasteiger partial charge in [0.05, 0.1) is 21.7 Å². The smallest absolute Gasteiger partial charge is 0.334 e. The van der Waals surface area contributed by atoms with Crippen molar-refractivity contribution in [3.8, 4) is 5.75 Å². The number of sulfonamides is 1. The van der Waals surface area contributed by atoms with Gasteiger partial charge in [0.1, 0.15) is 5.75 Å². The first-order valence-corrected chi connectivity index (χ1v) is 10.2. The Bertz CT molecular complexity index is 1050. The summed E-state index contributed by atoms with van der Waals surface area (Å²) in [6, 6.07) is 9.93. The number of anilines is 1. The monoisotopic (exact) mass is 411 g/mol. The summed E-state index contributed by atoms with van der Waals surface area (Å²) < 4.78 is 32.5. The van der Waals surface area contributed by atoms with Crippen LogP contribution in [0.2, 0.25) is 5.02 Å². The molecular weight excluding hydrogens is 398 g/mol. The number of nitrogens with zero attached hydrogens (tertiary/aromatic N) is 1. The van der Waals surface area contributed by atoms with Gasteiger partial charge in [0.25, 0.3) is 10.0 Å². The van der Waals surface area contributed by atoms with Crippen LogP contribution in [0.15, 0.2) is 47.4 Å². The Balaban J connectivity index is 1.73. The van der Waals surface area contributed by atoms with Crippen molar-refractivity contribution < 1.29 is 17.9 Å². The summed E-state index contributed by atoms with van der Waals surface area (Å²) in [7, 11) is -4.00. The largest absolute Gasteiger partial charge is 0.494 e. The second-order valence-electron chi connectivity index (χ2n) is 5.10. The molecule has 0 fully saturated rings. The number of benzene rings is 2. The van der Waals surface area contributed by atoms with Crippen molar-refractivity contribution in [1.29, 1.82) is 0 Å². The standard InChI is InChI=1S/C16H14ClN3O4S2/c1-2-24-11-5-8-13-14(9-11)25-16(18-13)19-15(21)20-26(22,23)12-6-3-10(17)4-7-12/h3-9H,2H2,1H3,(H2,18,19,20,21). The van der Waals surface area contributed by atoms with Gasteiger partial charge >= 0.3 is 6.03 Å². The van der Waals surface area contributed by atoms with Crippen LogP contribution in [0.4, 0.5) is 9.93 Å². The molecule has 0 bridgehead atoms. The summed E-state index contributed by atoms with van der Waals surface area (Å²) in [6.07, 6.45) is 0. The van der Waals surface area contributed by atoms with Gasteiger partial charge < -0.3 is 4.74 Å². The molecule has 2 amide bonds. The van der Waals surface area contributed by atoms with Gasteiger partial charge in [-0.05, 0) is 49.4 Å². The molecule has 3 aromatic rings. The van der Waals surface area contributed by atoms with Gasteiger partial charge in [-0.1, -0.05) is 22.9 Å². The fourth-order valence-electron chi connectivity index (χ4n) is 2.13. The number of thiazole rings is 1. The third kappa shape index (κ3) is 4.24. The van der Waals surface area contributed by atoms with E-state index in [-0.39, 0.29) is 10.0 Å². The van der Waals surface area contributed by atoms with Crippen molar-refractivity contribution in [1.82, 2.24) is 9.71 Å². The van der Waals surface area contributed by atoms with E-state index in [1.165, 1.54) is 35.6 Å². The molecule has 1 heterocycles. The van der Waals surface area contributed by atoms with Crippen molar-refractivity contribution in [2.45, 2.75) is 11.8 Å². The molecule has 0 saturated heterocycles. The minimum absolute atomic E-state index is 0.0669. The van der Waals surface area contributed by atoms with E-state index in [0.717, 1.165) is 4.70 Å². The summed E-state index contributed by atoms with van der Waals surface area (Å²) in [6.45, 7) is 2.43. The predicted molar refractivity (Wildman–Crippen MR) is 102 cm³/mol. The number of amides is 2. The molecule has 0 aliphatic rings. The van der Waals surface area contributed by atoms with Crippen molar-refractivity contribution in [3.63, 3.8) is 0 Å². The summed E-state index contributed by atoms with van der Waals surface area (Å²) in [5, 5.41) is 3.10. The number of halogens is 1. The molecular formula is C16H14ClN3O4S2. The van der Waals surface area contributed by atoms with E-state index in [1.807, 2.05) is 17.7 Å². The minimum atomic E-state index is -4.00. The molecule has 136 valence electrons. The molecule has 26 heavy (non-hydrogen) atoms. The zero-order chi connectivity index (χ0) is 18.7. The van der Waals surface area contributed by atoms with E-state index in [9.17, 15) is 13.2 Å². The summed E-state index contributed by atoms with van der Waals surface area (Å²) in [4.78, 5) is 16.2. The first-order valence-electron chi connectivity index (χ1n) is 7.50. The van der Waals surface area contributed by atoms with Crippen LogP contribution in [0.25, 0.3) is 10.2 Å². The Morgan fingerprint density at radius 3 is 2.65 bits per heavy atom. The first-order chi connectivity index (χ1) is 12.4. The lowest BCUT2D eigenvalue weighted by Crippen LogP contribution is -2.34. The van der Waals surface area contributed by atoms with Crippen LogP contribution < -0.4 is 14.8 Å². The summed E-state index contributed by atoms with van der Waals surface area (Å²) in [5.41, 5.74) is 0.675. The SMILES string of the molecule is CCOc1ccc2nc(NC(=O)NS(=O)(=O)c3ccc(Cl)cc3)sc2c1. The zero-order valence-corrected chi connectivity index (χ0v) is 15.9. The molecule has 2 aromatic carbocycles. The Hall–Kier alpha value is -2.36. The second-order valence-corrected chi connectivity index (χ2v) is 8.24. The Kier molecular flexibility index (Phi) is 5.30. The van der Waals surface area contributed by atoms with Crippen LogP contribution in [0.5, 0.6) is 5.75 Å². The molecule has 0 unspecified atom stereocenters. The van der Waals surface area contributed by atoms with Gasteiger partial charge in [-0.2, -0.15) is 0 Å². The Morgan fingerprint density at radius 1 is 1.23 bits per heavy atom. The third-order valence-electron chi connectivity index (χ3n) is 3.24. The van der Waals surface area contributed by atoms with Crippen LogP contribution in [0.1, 0.15) is 6.92 Å². The summed E-state index contributed by atoms with van der Waals surface area (Å²) >= 11 is 6.95. The molecule has 10 heteroatoms. The van der Waals surface area contributed by atoms with Crippen molar-refractivity contribution in [3.05, 3.63) is 47.5 Å². The van der Waals surface area contributed by atoms with Crippen molar-refractivity contribution in [2.75, 3.05) is 11.9 Å². The van der Waals surface area contributed by atoms with E-state index in [0.29, 0.717) is 22.9 Å². The van der Waals surface area contributed by atoms with Crippen LogP contribution in [-0.2, 0) is 10.0 Å². The highest BCUT2D eigenvalue weighted by molar-refractivity contribution is 7.90. The zero-order valence-electron chi connectivity index (χ0n) is 13.5. The number of hydrogen-bond acceptors (Lipinski definition) is 6. The van der Waals surface area contributed by atoms with Gasteiger partial charge in [0.15, 0.2) is 5.13 Å². The third-order valence-corrected chi connectivity index (χ3v) is 5.77. The van der Waals surface area contributed by atoms with Crippen LogP contribution >= 0.6 is 22.9 Å². The highest BCUT2D eigenvalue weighted by Crippen LogP contribution is 2.29. The van der Waals surface area contributed by atoms with Crippen molar-refractivity contribution >= 4 is 54.3 Å². The average Bonchev–Trinajstić information content (AvgIpc) is 2.96. The highest BCUT2D eigenvalue weighted by atomic mass is 35.5. The second kappa shape index (κ2) is 7.48. The van der Waals surface area contributed by atoms with Crippen LogP contribution in [-0.4, -0.2) is 26.0 Å². The van der Waals surface area contributed by atoms with Crippen molar-refractivity contribution in [2.24, 2.45) is 0 Å². The number of carbonyl (C=O) groups is 1. The number of hydrogen-bond donors (Lipinski definition) is 2. The van der Waals surface area contributed by atoms with E-state index in [1.54, 1.807) is 12.1 Å². The lowest BCUT2D eigenvalue weighted by atomic mass is 10.3. The maximum Gasteiger partial charge on any atom is 0.334 e. The molecule has 0 saturated carbocycles. The number of nitrogens with one attached hydrogen (secondary N) is 2. The number of fused-ring (bicyclic) bond motifs is 1. The molecule has 2 N–H and O–H groups in total. The molecule has 1 aromatic heterocycles. The average molecular weight is 412 g/mol.